The highest BCUT2D eigenvalue weighted by atomic mass is 16.5. The van der Waals surface area contributed by atoms with Crippen LogP contribution in [0, 0.1) is 11.8 Å². The SMILES string of the molecule is COc1cc(C#Cc2ccccc2N(C)C)cc(OC)c1. The maximum atomic E-state index is 5.26. The largest absolute Gasteiger partial charge is 0.497 e. The number of hydrogen-bond acceptors (Lipinski definition) is 3. The van der Waals surface area contributed by atoms with Crippen molar-refractivity contribution in [2.45, 2.75) is 0 Å². The molecular formula is C18H19NO2. The van der Waals surface area contributed by atoms with Gasteiger partial charge in [0.05, 0.1) is 19.9 Å². The average molecular weight is 281 g/mol. The number of hydrogen-bond donors (Lipinski definition) is 0. The standard InChI is InChI=1S/C18H19NO2/c1-19(2)18-8-6-5-7-15(18)10-9-14-11-16(20-3)13-17(12-14)21-4/h5-8,11-13H,1-4H3. The van der Waals surface area contributed by atoms with Gasteiger partial charge in [0.25, 0.3) is 0 Å². The first-order chi connectivity index (χ1) is 10.1. The van der Waals surface area contributed by atoms with Gasteiger partial charge in [0.2, 0.25) is 0 Å². The van der Waals surface area contributed by atoms with Crippen molar-refractivity contribution in [2.75, 3.05) is 33.2 Å². The summed E-state index contributed by atoms with van der Waals surface area (Å²) in [6, 6.07) is 13.7. The van der Waals surface area contributed by atoms with E-state index in [0.29, 0.717) is 0 Å². The van der Waals surface area contributed by atoms with Gasteiger partial charge in [-0.3, -0.25) is 0 Å². The minimum absolute atomic E-state index is 0.736. The van der Waals surface area contributed by atoms with E-state index < -0.39 is 0 Å². The fourth-order valence-corrected chi connectivity index (χ4v) is 1.99. The number of ether oxygens (including phenoxy) is 2. The summed E-state index contributed by atoms with van der Waals surface area (Å²) in [5.74, 6) is 7.85. The Bertz CT molecular complexity index is 659. The molecule has 0 radical (unpaired) electrons. The predicted molar refractivity (Wildman–Crippen MR) is 86.3 cm³/mol. The molecule has 0 N–H and O–H groups in total. The van der Waals surface area contributed by atoms with E-state index in [1.54, 1.807) is 14.2 Å². The highest BCUT2D eigenvalue weighted by molar-refractivity contribution is 5.61. The first-order valence-corrected chi connectivity index (χ1v) is 6.65. The van der Waals surface area contributed by atoms with Gasteiger partial charge in [-0.2, -0.15) is 0 Å². The predicted octanol–water partition coefficient (Wildman–Crippen LogP) is 3.17. The molecule has 0 fully saturated rings. The lowest BCUT2D eigenvalue weighted by molar-refractivity contribution is 0.394. The Morgan fingerprint density at radius 3 is 2.05 bits per heavy atom. The zero-order valence-corrected chi connectivity index (χ0v) is 12.8. The highest BCUT2D eigenvalue weighted by Gasteiger charge is 2.02. The van der Waals surface area contributed by atoms with Crippen molar-refractivity contribution >= 4 is 5.69 Å². The molecule has 2 rings (SSSR count). The molecule has 0 aliphatic rings. The van der Waals surface area contributed by atoms with Crippen molar-refractivity contribution < 1.29 is 9.47 Å². The van der Waals surface area contributed by atoms with Crippen LogP contribution in [0.25, 0.3) is 0 Å². The minimum Gasteiger partial charge on any atom is -0.497 e. The van der Waals surface area contributed by atoms with Crippen molar-refractivity contribution in [2.24, 2.45) is 0 Å². The van der Waals surface area contributed by atoms with Gasteiger partial charge in [0.15, 0.2) is 0 Å². The smallest absolute Gasteiger partial charge is 0.123 e. The Kier molecular flexibility index (Phi) is 4.73. The molecule has 2 aromatic rings. The van der Waals surface area contributed by atoms with Crippen molar-refractivity contribution in [1.82, 2.24) is 0 Å². The third-order valence-electron chi connectivity index (χ3n) is 3.08. The van der Waals surface area contributed by atoms with E-state index >= 15 is 0 Å². The Hall–Kier alpha value is -2.60. The maximum absolute atomic E-state index is 5.26. The summed E-state index contributed by atoms with van der Waals surface area (Å²) in [6.45, 7) is 0. The molecule has 0 aromatic heterocycles. The molecule has 0 saturated heterocycles. The van der Waals surface area contributed by atoms with Gasteiger partial charge in [-0.25, -0.2) is 0 Å². The molecule has 0 aliphatic heterocycles. The lowest BCUT2D eigenvalue weighted by Gasteiger charge is -2.13. The highest BCUT2D eigenvalue weighted by Crippen LogP contribution is 2.22. The summed E-state index contributed by atoms with van der Waals surface area (Å²) in [5, 5.41) is 0. The second kappa shape index (κ2) is 6.71. The molecule has 2 aromatic carbocycles. The van der Waals surface area contributed by atoms with Crippen molar-refractivity contribution in [3.05, 3.63) is 53.6 Å². The van der Waals surface area contributed by atoms with E-state index in [0.717, 1.165) is 28.3 Å². The van der Waals surface area contributed by atoms with Crippen LogP contribution in [0.15, 0.2) is 42.5 Å². The molecule has 108 valence electrons. The molecule has 0 spiro atoms. The molecule has 3 heteroatoms. The monoisotopic (exact) mass is 281 g/mol. The van der Waals surface area contributed by atoms with Crippen LogP contribution in [0.3, 0.4) is 0 Å². The molecule has 0 atom stereocenters. The van der Waals surface area contributed by atoms with Gasteiger partial charge >= 0.3 is 0 Å². The van der Waals surface area contributed by atoms with Gasteiger partial charge in [0.1, 0.15) is 11.5 Å². The molecule has 0 bridgehead atoms. The Balaban J connectivity index is 2.39. The number of methoxy groups -OCH3 is 2. The van der Waals surface area contributed by atoms with Crippen LogP contribution in [0.4, 0.5) is 5.69 Å². The quantitative estimate of drug-likeness (QED) is 0.807. The second-order valence-electron chi connectivity index (χ2n) is 4.76. The summed E-state index contributed by atoms with van der Waals surface area (Å²) >= 11 is 0. The lowest BCUT2D eigenvalue weighted by Crippen LogP contribution is -2.10. The molecule has 0 saturated carbocycles. The number of nitrogens with zero attached hydrogens (tertiary/aromatic N) is 1. The van der Waals surface area contributed by atoms with Gasteiger partial charge < -0.3 is 14.4 Å². The Morgan fingerprint density at radius 1 is 0.857 bits per heavy atom. The minimum atomic E-state index is 0.736. The van der Waals surface area contributed by atoms with Gasteiger partial charge in [-0.15, -0.1) is 0 Å². The normalized spacial score (nSPS) is 9.52. The third-order valence-corrected chi connectivity index (χ3v) is 3.08. The summed E-state index contributed by atoms with van der Waals surface area (Å²) in [7, 11) is 7.28. The van der Waals surface area contributed by atoms with Crippen LogP contribution in [-0.4, -0.2) is 28.3 Å². The fourth-order valence-electron chi connectivity index (χ4n) is 1.99. The Morgan fingerprint density at radius 2 is 1.48 bits per heavy atom. The molecule has 0 unspecified atom stereocenters. The van der Waals surface area contributed by atoms with E-state index in [9.17, 15) is 0 Å². The first kappa shape index (κ1) is 14.8. The molecule has 21 heavy (non-hydrogen) atoms. The van der Waals surface area contributed by atoms with E-state index in [4.69, 9.17) is 9.47 Å². The number of rotatable bonds is 3. The van der Waals surface area contributed by atoms with E-state index in [-0.39, 0.29) is 0 Å². The summed E-state index contributed by atoms with van der Waals surface area (Å²) in [6.07, 6.45) is 0. The second-order valence-corrected chi connectivity index (χ2v) is 4.76. The fraction of sp³-hybridized carbons (Fsp3) is 0.222. The number of benzene rings is 2. The van der Waals surface area contributed by atoms with E-state index in [2.05, 4.69) is 22.8 Å². The zero-order chi connectivity index (χ0) is 15.2. The average Bonchev–Trinajstić information content (AvgIpc) is 2.52. The summed E-state index contributed by atoms with van der Waals surface area (Å²) < 4.78 is 10.5. The maximum Gasteiger partial charge on any atom is 0.123 e. The van der Waals surface area contributed by atoms with Gasteiger partial charge in [-0.1, -0.05) is 24.0 Å². The third kappa shape index (κ3) is 3.70. The van der Waals surface area contributed by atoms with Crippen LogP contribution in [-0.2, 0) is 0 Å². The van der Waals surface area contributed by atoms with Crippen LogP contribution in [0.5, 0.6) is 11.5 Å². The van der Waals surface area contributed by atoms with Gasteiger partial charge in [-0.05, 0) is 24.3 Å². The van der Waals surface area contributed by atoms with Crippen LogP contribution >= 0.6 is 0 Å². The molecule has 0 heterocycles. The molecule has 0 amide bonds. The van der Waals surface area contributed by atoms with E-state index in [1.807, 2.05) is 50.5 Å². The lowest BCUT2D eigenvalue weighted by atomic mass is 10.1. The summed E-state index contributed by atoms with van der Waals surface area (Å²) in [4.78, 5) is 2.05. The number of anilines is 1. The zero-order valence-electron chi connectivity index (χ0n) is 12.8. The topological polar surface area (TPSA) is 21.7 Å². The molecular weight excluding hydrogens is 262 g/mol. The molecule has 0 aliphatic carbocycles. The van der Waals surface area contributed by atoms with Crippen molar-refractivity contribution in [3.8, 4) is 23.3 Å². The van der Waals surface area contributed by atoms with Crippen molar-refractivity contribution in [3.63, 3.8) is 0 Å². The van der Waals surface area contributed by atoms with Crippen molar-refractivity contribution in [1.29, 1.82) is 0 Å². The van der Waals surface area contributed by atoms with Crippen LogP contribution < -0.4 is 14.4 Å². The number of para-hydroxylation sites is 1. The molecule has 3 nitrogen and oxygen atoms in total. The first-order valence-electron chi connectivity index (χ1n) is 6.65. The van der Waals surface area contributed by atoms with Crippen LogP contribution in [0.1, 0.15) is 11.1 Å². The van der Waals surface area contributed by atoms with Gasteiger partial charge in [0, 0.05) is 31.3 Å². The Labute approximate surface area is 126 Å². The van der Waals surface area contributed by atoms with E-state index in [1.165, 1.54) is 0 Å². The van der Waals surface area contributed by atoms with Crippen LogP contribution in [0.2, 0.25) is 0 Å². The summed E-state index contributed by atoms with van der Waals surface area (Å²) in [5.41, 5.74) is 2.95.